The van der Waals surface area contributed by atoms with Gasteiger partial charge in [-0.1, -0.05) is 90.6 Å². The largest absolute Gasteiger partial charge is 0.462 e. The van der Waals surface area contributed by atoms with E-state index in [9.17, 15) is 4.79 Å². The summed E-state index contributed by atoms with van der Waals surface area (Å²) in [4.78, 5) is 11.3. The van der Waals surface area contributed by atoms with E-state index >= 15 is 0 Å². The van der Waals surface area contributed by atoms with Gasteiger partial charge in [-0.3, -0.25) is 0 Å². The highest BCUT2D eigenvalue weighted by molar-refractivity contribution is 5.86. The maximum atomic E-state index is 11.3. The summed E-state index contributed by atoms with van der Waals surface area (Å²) in [5, 5.41) is 0. The van der Waals surface area contributed by atoms with E-state index in [4.69, 9.17) is 4.74 Å². The number of rotatable bonds is 12. The average molecular weight is 323 g/mol. The van der Waals surface area contributed by atoms with Gasteiger partial charge >= 0.3 is 5.97 Å². The van der Waals surface area contributed by atoms with E-state index in [0.29, 0.717) is 12.2 Å². The van der Waals surface area contributed by atoms with Gasteiger partial charge in [-0.15, -0.1) is 0 Å². The van der Waals surface area contributed by atoms with Crippen LogP contribution >= 0.6 is 0 Å². The van der Waals surface area contributed by atoms with Crippen LogP contribution in [0.3, 0.4) is 0 Å². The Bertz CT molecular complexity index is 327. The highest BCUT2D eigenvalue weighted by Crippen LogP contribution is 2.33. The Kier molecular flexibility index (Phi) is 11.1. The molecule has 1 aliphatic rings. The summed E-state index contributed by atoms with van der Waals surface area (Å²) in [6, 6.07) is 0. The molecule has 0 aromatic rings. The molecule has 134 valence electrons. The zero-order valence-corrected chi connectivity index (χ0v) is 15.6. The fourth-order valence-corrected chi connectivity index (χ4v) is 3.64. The van der Waals surface area contributed by atoms with E-state index < -0.39 is 0 Å². The van der Waals surface area contributed by atoms with Crippen molar-refractivity contribution < 1.29 is 9.53 Å². The summed E-state index contributed by atoms with van der Waals surface area (Å²) in [6.07, 6.45) is 17.8. The molecule has 0 aromatic heterocycles. The highest BCUT2D eigenvalue weighted by Gasteiger charge is 2.21. The summed E-state index contributed by atoms with van der Waals surface area (Å²) in [7, 11) is 0. The molecule has 1 rings (SSSR count). The smallest absolute Gasteiger partial charge is 0.333 e. The van der Waals surface area contributed by atoms with Gasteiger partial charge in [0.25, 0.3) is 0 Å². The minimum atomic E-state index is -0.238. The molecule has 0 aromatic carbocycles. The van der Waals surface area contributed by atoms with E-state index in [1.54, 1.807) is 6.92 Å². The minimum absolute atomic E-state index is 0.238. The molecular weight excluding hydrogens is 284 g/mol. The number of hydrogen-bond acceptors (Lipinski definition) is 2. The molecule has 2 nitrogen and oxygen atoms in total. The first-order chi connectivity index (χ1) is 11.1. The molecule has 2 heteroatoms. The van der Waals surface area contributed by atoms with Crippen molar-refractivity contribution in [3.8, 4) is 0 Å². The number of hydrogen-bond donors (Lipinski definition) is 0. The van der Waals surface area contributed by atoms with Gasteiger partial charge in [-0.2, -0.15) is 0 Å². The zero-order chi connectivity index (χ0) is 16.9. The minimum Gasteiger partial charge on any atom is -0.462 e. The van der Waals surface area contributed by atoms with Gasteiger partial charge in [0.1, 0.15) is 0 Å². The van der Waals surface area contributed by atoms with Gasteiger partial charge in [0.15, 0.2) is 0 Å². The van der Waals surface area contributed by atoms with Crippen LogP contribution in [0.4, 0.5) is 0 Å². The Labute approximate surface area is 144 Å². The standard InChI is InChI=1S/C21H38O2/c1-4-5-6-7-8-9-10-11-19-12-14-20(15-13-19)16-17-23-21(22)18(2)3/h19-20H,2,4-17H2,1,3H3. The maximum absolute atomic E-state index is 11.3. The van der Waals surface area contributed by atoms with Crippen LogP contribution in [-0.4, -0.2) is 12.6 Å². The SMILES string of the molecule is C=C(C)C(=O)OCCC1CCC(CCCCCCCCC)CC1. The molecule has 0 aliphatic heterocycles. The lowest BCUT2D eigenvalue weighted by atomic mass is 9.78. The van der Waals surface area contributed by atoms with Crippen LogP contribution in [0.5, 0.6) is 0 Å². The highest BCUT2D eigenvalue weighted by atomic mass is 16.5. The monoisotopic (exact) mass is 322 g/mol. The summed E-state index contributed by atoms with van der Waals surface area (Å²) < 4.78 is 5.21. The van der Waals surface area contributed by atoms with Crippen molar-refractivity contribution in [2.45, 2.75) is 97.3 Å². The van der Waals surface area contributed by atoms with E-state index in [1.165, 1.54) is 77.0 Å². The molecule has 0 heterocycles. The molecular formula is C21H38O2. The third-order valence-corrected chi connectivity index (χ3v) is 5.29. The van der Waals surface area contributed by atoms with Crippen molar-refractivity contribution in [2.24, 2.45) is 11.8 Å². The molecule has 0 amide bonds. The molecule has 0 unspecified atom stereocenters. The van der Waals surface area contributed by atoms with Crippen LogP contribution in [0.15, 0.2) is 12.2 Å². The summed E-state index contributed by atoms with van der Waals surface area (Å²) in [5.74, 6) is 1.48. The summed E-state index contributed by atoms with van der Waals surface area (Å²) in [5.41, 5.74) is 0.503. The second-order valence-corrected chi connectivity index (χ2v) is 7.50. The first kappa shape index (κ1) is 20.3. The zero-order valence-electron chi connectivity index (χ0n) is 15.6. The number of esters is 1. The van der Waals surface area contributed by atoms with Crippen LogP contribution in [-0.2, 0) is 9.53 Å². The Morgan fingerprint density at radius 2 is 1.43 bits per heavy atom. The Morgan fingerprint density at radius 1 is 0.913 bits per heavy atom. The van der Waals surface area contributed by atoms with Gasteiger partial charge in [0.05, 0.1) is 6.61 Å². The van der Waals surface area contributed by atoms with Crippen LogP contribution in [0.25, 0.3) is 0 Å². The molecule has 0 bridgehead atoms. The lowest BCUT2D eigenvalue weighted by Crippen LogP contribution is -2.17. The quantitative estimate of drug-likeness (QED) is 0.235. The molecule has 0 saturated heterocycles. The van der Waals surface area contributed by atoms with Gasteiger partial charge < -0.3 is 4.74 Å². The first-order valence-electron chi connectivity index (χ1n) is 9.96. The fourth-order valence-electron chi connectivity index (χ4n) is 3.64. The van der Waals surface area contributed by atoms with Crippen LogP contribution in [0.1, 0.15) is 97.3 Å². The lowest BCUT2D eigenvalue weighted by Gasteiger charge is -2.28. The third-order valence-electron chi connectivity index (χ3n) is 5.29. The summed E-state index contributed by atoms with van der Waals surface area (Å²) in [6.45, 7) is 8.16. The number of carbonyl (C=O) groups is 1. The second-order valence-electron chi connectivity index (χ2n) is 7.50. The normalized spacial score (nSPS) is 21.1. The first-order valence-corrected chi connectivity index (χ1v) is 9.96. The van der Waals surface area contributed by atoms with Crippen molar-refractivity contribution in [3.05, 3.63) is 12.2 Å². The Hall–Kier alpha value is -0.790. The van der Waals surface area contributed by atoms with Crippen molar-refractivity contribution in [1.29, 1.82) is 0 Å². The van der Waals surface area contributed by atoms with Gasteiger partial charge in [-0.05, 0) is 25.2 Å². The van der Waals surface area contributed by atoms with E-state index in [-0.39, 0.29) is 5.97 Å². The molecule has 0 spiro atoms. The second kappa shape index (κ2) is 12.6. The van der Waals surface area contributed by atoms with Crippen molar-refractivity contribution >= 4 is 5.97 Å². The third kappa shape index (κ3) is 9.84. The summed E-state index contributed by atoms with van der Waals surface area (Å²) >= 11 is 0. The molecule has 1 aliphatic carbocycles. The molecule has 1 saturated carbocycles. The van der Waals surface area contributed by atoms with Crippen molar-refractivity contribution in [3.63, 3.8) is 0 Å². The molecule has 0 atom stereocenters. The van der Waals surface area contributed by atoms with Crippen LogP contribution < -0.4 is 0 Å². The number of unbranched alkanes of at least 4 members (excludes halogenated alkanes) is 6. The molecule has 23 heavy (non-hydrogen) atoms. The van der Waals surface area contributed by atoms with Crippen LogP contribution in [0, 0.1) is 11.8 Å². The maximum Gasteiger partial charge on any atom is 0.333 e. The molecule has 0 radical (unpaired) electrons. The number of carbonyl (C=O) groups excluding carboxylic acids is 1. The van der Waals surface area contributed by atoms with Crippen LogP contribution in [0.2, 0.25) is 0 Å². The molecule has 0 N–H and O–H groups in total. The van der Waals surface area contributed by atoms with E-state index in [0.717, 1.165) is 18.3 Å². The van der Waals surface area contributed by atoms with Crippen molar-refractivity contribution in [2.75, 3.05) is 6.61 Å². The fraction of sp³-hybridized carbons (Fsp3) is 0.857. The topological polar surface area (TPSA) is 26.3 Å². The van der Waals surface area contributed by atoms with E-state index in [1.807, 2.05) is 0 Å². The van der Waals surface area contributed by atoms with Gasteiger partial charge in [0.2, 0.25) is 0 Å². The molecule has 1 fully saturated rings. The average Bonchev–Trinajstić information content (AvgIpc) is 2.55. The number of ether oxygens (including phenoxy) is 1. The Morgan fingerprint density at radius 3 is 2.00 bits per heavy atom. The predicted octanol–water partition coefficient (Wildman–Crippen LogP) is 6.44. The predicted molar refractivity (Wildman–Crippen MR) is 98.4 cm³/mol. The van der Waals surface area contributed by atoms with Gasteiger partial charge in [-0.25, -0.2) is 4.79 Å². The lowest BCUT2D eigenvalue weighted by molar-refractivity contribution is -0.139. The van der Waals surface area contributed by atoms with E-state index in [2.05, 4.69) is 13.5 Å². The van der Waals surface area contributed by atoms with Crippen molar-refractivity contribution in [1.82, 2.24) is 0 Å². The Balaban J connectivity index is 1.96. The van der Waals surface area contributed by atoms with Gasteiger partial charge in [0, 0.05) is 5.57 Å².